The molecule has 0 unspecified atom stereocenters. The van der Waals surface area contributed by atoms with E-state index in [4.69, 9.17) is 11.6 Å². The van der Waals surface area contributed by atoms with Crippen molar-refractivity contribution in [3.05, 3.63) is 35.5 Å². The number of anilines is 1. The molecule has 0 aliphatic carbocycles. The summed E-state index contributed by atoms with van der Waals surface area (Å²) in [6.45, 7) is 3.06. The Morgan fingerprint density at radius 2 is 2.24 bits per heavy atom. The van der Waals surface area contributed by atoms with Crippen LogP contribution in [0.3, 0.4) is 0 Å². The molecule has 1 saturated heterocycles. The predicted molar refractivity (Wildman–Crippen MR) is 110 cm³/mol. The van der Waals surface area contributed by atoms with E-state index in [1.165, 1.54) is 0 Å². The van der Waals surface area contributed by atoms with E-state index in [-0.39, 0.29) is 17.8 Å². The number of fused-ring (bicyclic) bond motifs is 1. The van der Waals surface area contributed by atoms with Gasteiger partial charge in [-0.15, -0.1) is 0 Å². The van der Waals surface area contributed by atoms with E-state index in [1.807, 2.05) is 11.8 Å². The molecule has 4 rings (SSSR count). The third-order valence-corrected chi connectivity index (χ3v) is 5.44. The highest BCUT2D eigenvalue weighted by molar-refractivity contribution is 6.31. The van der Waals surface area contributed by atoms with Gasteiger partial charge in [0.1, 0.15) is 5.65 Å². The van der Waals surface area contributed by atoms with Crippen LogP contribution in [-0.2, 0) is 4.79 Å². The number of piperidine rings is 1. The van der Waals surface area contributed by atoms with Crippen molar-refractivity contribution in [2.75, 3.05) is 18.4 Å². The molecule has 1 aliphatic heterocycles. The van der Waals surface area contributed by atoms with E-state index in [0.717, 1.165) is 37.4 Å². The molecule has 1 atom stereocenters. The summed E-state index contributed by atoms with van der Waals surface area (Å²) in [5.74, 6) is 0.0839. The van der Waals surface area contributed by atoms with Crippen molar-refractivity contribution in [1.82, 2.24) is 24.8 Å². The number of aromatic nitrogens is 4. The van der Waals surface area contributed by atoms with Crippen molar-refractivity contribution in [2.45, 2.75) is 38.6 Å². The highest BCUT2D eigenvalue weighted by Crippen LogP contribution is 2.28. The summed E-state index contributed by atoms with van der Waals surface area (Å²) in [6, 6.07) is 1.80. The van der Waals surface area contributed by atoms with Crippen LogP contribution < -0.4 is 5.32 Å². The molecule has 1 fully saturated rings. The van der Waals surface area contributed by atoms with Gasteiger partial charge in [-0.25, -0.2) is 19.3 Å². The van der Waals surface area contributed by atoms with Gasteiger partial charge in [-0.3, -0.25) is 4.79 Å². The fraction of sp³-hybridized carbons (Fsp3) is 0.400. The first-order valence-electron chi connectivity index (χ1n) is 9.75. The standard InChI is InChI=1S/C20H22ClFN6O/c1-2-17(29)28-6-4-3-5-13(28)9-24-20-16(22)11-26-19(27-20)15-10-25-18-14(15)7-12(21)8-23-18/h7-8,10-11,13H,2-6,9H2,1H3,(H,23,25)(H,24,26,27)/t13-/m1/s1. The number of carbonyl (C=O) groups excluding carboxylic acids is 1. The number of likely N-dealkylation sites (tertiary alicyclic amines) is 1. The Bertz CT molecular complexity index is 1040. The molecule has 1 amide bonds. The maximum absolute atomic E-state index is 14.4. The zero-order valence-corrected chi connectivity index (χ0v) is 16.8. The second-order valence-electron chi connectivity index (χ2n) is 7.11. The molecular weight excluding hydrogens is 395 g/mol. The maximum atomic E-state index is 14.4. The Kier molecular flexibility index (Phi) is 5.62. The molecule has 9 heteroatoms. The second kappa shape index (κ2) is 8.32. The molecule has 0 radical (unpaired) electrons. The van der Waals surface area contributed by atoms with E-state index < -0.39 is 5.82 Å². The molecule has 0 bridgehead atoms. The summed E-state index contributed by atoms with van der Waals surface area (Å²) >= 11 is 6.06. The number of rotatable bonds is 5. The number of halogens is 2. The number of aromatic amines is 1. The largest absolute Gasteiger partial charge is 0.365 e. The van der Waals surface area contributed by atoms with E-state index in [1.54, 1.807) is 18.5 Å². The number of carbonyl (C=O) groups is 1. The summed E-state index contributed by atoms with van der Waals surface area (Å²) in [7, 11) is 0. The minimum atomic E-state index is -0.533. The fourth-order valence-electron chi connectivity index (χ4n) is 3.74. The topological polar surface area (TPSA) is 86.8 Å². The first-order chi connectivity index (χ1) is 14.1. The molecule has 1 aliphatic rings. The number of H-pyrrole nitrogens is 1. The molecule has 0 saturated carbocycles. The monoisotopic (exact) mass is 416 g/mol. The molecule has 29 heavy (non-hydrogen) atoms. The summed E-state index contributed by atoms with van der Waals surface area (Å²) in [5, 5.41) is 4.34. The van der Waals surface area contributed by atoms with Gasteiger partial charge in [0.15, 0.2) is 17.5 Å². The average molecular weight is 417 g/mol. The Balaban J connectivity index is 1.57. The van der Waals surface area contributed by atoms with Crippen molar-refractivity contribution >= 4 is 34.4 Å². The smallest absolute Gasteiger partial charge is 0.222 e. The van der Waals surface area contributed by atoms with Gasteiger partial charge in [0.05, 0.1) is 11.2 Å². The Morgan fingerprint density at radius 1 is 1.38 bits per heavy atom. The lowest BCUT2D eigenvalue weighted by molar-refractivity contribution is -0.134. The third kappa shape index (κ3) is 4.03. The summed E-state index contributed by atoms with van der Waals surface area (Å²) in [6.07, 6.45) is 7.86. The van der Waals surface area contributed by atoms with Gasteiger partial charge in [0.25, 0.3) is 0 Å². The van der Waals surface area contributed by atoms with Crippen LogP contribution in [0.4, 0.5) is 10.2 Å². The highest BCUT2D eigenvalue weighted by atomic mass is 35.5. The van der Waals surface area contributed by atoms with Crippen molar-refractivity contribution in [3.8, 4) is 11.4 Å². The first-order valence-corrected chi connectivity index (χ1v) is 10.1. The van der Waals surface area contributed by atoms with E-state index in [9.17, 15) is 9.18 Å². The quantitative estimate of drug-likeness (QED) is 0.656. The summed E-state index contributed by atoms with van der Waals surface area (Å²) < 4.78 is 14.4. The molecule has 2 N–H and O–H groups in total. The maximum Gasteiger partial charge on any atom is 0.222 e. The van der Waals surface area contributed by atoms with Gasteiger partial charge in [-0.1, -0.05) is 18.5 Å². The minimum absolute atomic E-state index is 0.0325. The predicted octanol–water partition coefficient (Wildman–Crippen LogP) is 4.02. The van der Waals surface area contributed by atoms with E-state index >= 15 is 0 Å². The van der Waals surface area contributed by atoms with Crippen LogP contribution in [0.25, 0.3) is 22.4 Å². The van der Waals surface area contributed by atoms with Gasteiger partial charge in [0, 0.05) is 48.9 Å². The summed E-state index contributed by atoms with van der Waals surface area (Å²) in [4.78, 5) is 29.9. The molecule has 152 valence electrons. The molecule has 0 spiro atoms. The Labute approximate surface area is 172 Å². The molecule has 3 aromatic rings. The van der Waals surface area contributed by atoms with Gasteiger partial charge in [0.2, 0.25) is 5.91 Å². The molecule has 7 nitrogen and oxygen atoms in total. The van der Waals surface area contributed by atoms with Crippen LogP contribution in [0, 0.1) is 5.82 Å². The van der Waals surface area contributed by atoms with Crippen LogP contribution in [0.15, 0.2) is 24.7 Å². The zero-order chi connectivity index (χ0) is 20.4. The fourth-order valence-corrected chi connectivity index (χ4v) is 3.90. The minimum Gasteiger partial charge on any atom is -0.365 e. The van der Waals surface area contributed by atoms with Crippen molar-refractivity contribution in [2.24, 2.45) is 0 Å². The molecule has 4 heterocycles. The van der Waals surface area contributed by atoms with Crippen molar-refractivity contribution < 1.29 is 9.18 Å². The number of nitrogens with zero attached hydrogens (tertiary/aromatic N) is 4. The summed E-state index contributed by atoms with van der Waals surface area (Å²) in [5.41, 5.74) is 1.35. The van der Waals surface area contributed by atoms with Gasteiger partial charge in [-0.2, -0.15) is 0 Å². The van der Waals surface area contributed by atoms with Crippen molar-refractivity contribution in [1.29, 1.82) is 0 Å². The van der Waals surface area contributed by atoms with Crippen LogP contribution in [0.5, 0.6) is 0 Å². The van der Waals surface area contributed by atoms with Crippen LogP contribution >= 0.6 is 11.6 Å². The normalized spacial score (nSPS) is 16.9. The number of amides is 1. The van der Waals surface area contributed by atoms with Crippen LogP contribution in [0.2, 0.25) is 5.02 Å². The number of pyridine rings is 1. The second-order valence-corrected chi connectivity index (χ2v) is 7.55. The van der Waals surface area contributed by atoms with Gasteiger partial charge < -0.3 is 15.2 Å². The first kappa shape index (κ1) is 19.6. The van der Waals surface area contributed by atoms with Gasteiger partial charge >= 0.3 is 0 Å². The molecular formula is C20H22ClFN6O. The lowest BCUT2D eigenvalue weighted by Gasteiger charge is -2.36. The molecule has 0 aromatic carbocycles. The van der Waals surface area contributed by atoms with E-state index in [2.05, 4.69) is 25.3 Å². The van der Waals surface area contributed by atoms with Gasteiger partial charge in [-0.05, 0) is 25.3 Å². The van der Waals surface area contributed by atoms with Crippen LogP contribution in [0.1, 0.15) is 32.6 Å². The lowest BCUT2D eigenvalue weighted by atomic mass is 10.0. The number of hydrogen-bond donors (Lipinski definition) is 2. The third-order valence-electron chi connectivity index (χ3n) is 5.24. The van der Waals surface area contributed by atoms with E-state index in [0.29, 0.717) is 35.0 Å². The number of nitrogens with one attached hydrogen (secondary N) is 2. The number of hydrogen-bond acceptors (Lipinski definition) is 5. The lowest BCUT2D eigenvalue weighted by Crippen LogP contribution is -2.46. The highest BCUT2D eigenvalue weighted by Gasteiger charge is 2.26. The average Bonchev–Trinajstić information content (AvgIpc) is 3.16. The van der Waals surface area contributed by atoms with Crippen molar-refractivity contribution in [3.63, 3.8) is 0 Å². The molecule has 3 aromatic heterocycles. The zero-order valence-electron chi connectivity index (χ0n) is 16.1. The SMILES string of the molecule is CCC(=O)N1CCCC[C@@H]1CNc1nc(-c2c[nH]c3ncc(Cl)cc23)ncc1F. The Hall–Kier alpha value is -2.74. The Morgan fingerprint density at radius 3 is 3.07 bits per heavy atom. The van der Waals surface area contributed by atoms with Crippen LogP contribution in [-0.4, -0.2) is 49.9 Å².